The summed E-state index contributed by atoms with van der Waals surface area (Å²) in [5, 5.41) is 2.87. The van der Waals surface area contributed by atoms with Crippen molar-refractivity contribution in [3.05, 3.63) is 59.9 Å². The van der Waals surface area contributed by atoms with Gasteiger partial charge in [0.15, 0.2) is 0 Å². The number of pyridine rings is 1. The van der Waals surface area contributed by atoms with Crippen molar-refractivity contribution in [2.45, 2.75) is 6.42 Å². The van der Waals surface area contributed by atoms with E-state index in [2.05, 4.69) is 10.3 Å². The minimum absolute atomic E-state index is 0.0796. The number of hydrogen-bond donors (Lipinski definition) is 2. The van der Waals surface area contributed by atoms with Crippen LogP contribution in [0.25, 0.3) is 0 Å². The number of hydrogen-bond acceptors (Lipinski definition) is 3. The van der Waals surface area contributed by atoms with Crippen LogP contribution in [-0.4, -0.2) is 17.4 Å². The SMILES string of the molecule is Nc1ccc(C(=O)NCCc2ccncc2)cc1. The van der Waals surface area contributed by atoms with Crippen LogP contribution in [0.4, 0.5) is 5.69 Å². The first kappa shape index (κ1) is 12.1. The Kier molecular flexibility index (Phi) is 3.91. The van der Waals surface area contributed by atoms with E-state index in [9.17, 15) is 4.79 Å². The Morgan fingerprint density at radius 2 is 1.78 bits per heavy atom. The Bertz CT molecular complexity index is 508. The molecule has 0 spiro atoms. The van der Waals surface area contributed by atoms with E-state index in [0.29, 0.717) is 17.8 Å². The monoisotopic (exact) mass is 241 g/mol. The minimum atomic E-state index is -0.0796. The van der Waals surface area contributed by atoms with E-state index in [0.717, 1.165) is 12.0 Å². The normalized spacial score (nSPS) is 10.0. The fraction of sp³-hybridized carbons (Fsp3) is 0.143. The van der Waals surface area contributed by atoms with E-state index in [1.165, 1.54) is 0 Å². The highest BCUT2D eigenvalue weighted by Crippen LogP contribution is 2.05. The van der Waals surface area contributed by atoms with Crippen LogP contribution in [0.3, 0.4) is 0 Å². The second-order valence-corrected chi connectivity index (χ2v) is 3.98. The molecule has 0 aliphatic heterocycles. The number of aromatic nitrogens is 1. The zero-order valence-electron chi connectivity index (χ0n) is 9.97. The van der Waals surface area contributed by atoms with Gasteiger partial charge in [0.2, 0.25) is 0 Å². The van der Waals surface area contributed by atoms with Crippen LogP contribution in [-0.2, 0) is 6.42 Å². The summed E-state index contributed by atoms with van der Waals surface area (Å²) in [4.78, 5) is 15.7. The highest BCUT2D eigenvalue weighted by atomic mass is 16.1. The molecule has 2 rings (SSSR count). The van der Waals surface area contributed by atoms with Gasteiger partial charge in [0.05, 0.1) is 0 Å². The molecule has 1 amide bonds. The van der Waals surface area contributed by atoms with Crippen molar-refractivity contribution in [3.8, 4) is 0 Å². The van der Waals surface area contributed by atoms with Gasteiger partial charge in [0.25, 0.3) is 5.91 Å². The molecule has 1 aromatic carbocycles. The third-order valence-corrected chi connectivity index (χ3v) is 2.62. The standard InChI is InChI=1S/C14H15N3O/c15-13-3-1-12(2-4-13)14(18)17-10-7-11-5-8-16-9-6-11/h1-6,8-9H,7,10,15H2,(H,17,18). The molecular weight excluding hydrogens is 226 g/mol. The zero-order valence-corrected chi connectivity index (χ0v) is 9.97. The number of nitrogens with one attached hydrogen (secondary N) is 1. The van der Waals surface area contributed by atoms with Crippen molar-refractivity contribution in [3.63, 3.8) is 0 Å². The van der Waals surface area contributed by atoms with E-state index < -0.39 is 0 Å². The van der Waals surface area contributed by atoms with Crippen LogP contribution in [0.5, 0.6) is 0 Å². The van der Waals surface area contributed by atoms with Gasteiger partial charge in [-0.05, 0) is 48.4 Å². The van der Waals surface area contributed by atoms with E-state index in [-0.39, 0.29) is 5.91 Å². The molecule has 0 saturated heterocycles. The summed E-state index contributed by atoms with van der Waals surface area (Å²) in [6.07, 6.45) is 4.29. The van der Waals surface area contributed by atoms with Gasteiger partial charge in [-0.2, -0.15) is 0 Å². The fourth-order valence-corrected chi connectivity index (χ4v) is 1.61. The van der Waals surface area contributed by atoms with Crippen LogP contribution in [0.15, 0.2) is 48.8 Å². The second kappa shape index (κ2) is 5.82. The first-order valence-electron chi connectivity index (χ1n) is 5.78. The fourth-order valence-electron chi connectivity index (χ4n) is 1.61. The molecule has 4 nitrogen and oxygen atoms in total. The van der Waals surface area contributed by atoms with Crippen molar-refractivity contribution < 1.29 is 4.79 Å². The Labute approximate surface area is 106 Å². The topological polar surface area (TPSA) is 68.0 Å². The molecule has 2 aromatic rings. The number of nitrogens with zero attached hydrogens (tertiary/aromatic N) is 1. The smallest absolute Gasteiger partial charge is 0.251 e. The molecule has 0 radical (unpaired) electrons. The van der Waals surface area contributed by atoms with Crippen LogP contribution in [0, 0.1) is 0 Å². The maximum atomic E-state index is 11.8. The van der Waals surface area contributed by atoms with Crippen molar-refractivity contribution in [1.82, 2.24) is 10.3 Å². The van der Waals surface area contributed by atoms with Crippen LogP contribution in [0.1, 0.15) is 15.9 Å². The molecule has 1 heterocycles. The number of anilines is 1. The predicted octanol–water partition coefficient (Wildman–Crippen LogP) is 1.64. The molecule has 0 atom stereocenters. The third-order valence-electron chi connectivity index (χ3n) is 2.62. The third kappa shape index (κ3) is 3.31. The summed E-state index contributed by atoms with van der Waals surface area (Å²) in [5.41, 5.74) is 8.00. The lowest BCUT2D eigenvalue weighted by atomic mass is 10.2. The first-order chi connectivity index (χ1) is 8.75. The second-order valence-electron chi connectivity index (χ2n) is 3.98. The van der Waals surface area contributed by atoms with Crippen molar-refractivity contribution in [2.24, 2.45) is 0 Å². The Morgan fingerprint density at radius 3 is 2.44 bits per heavy atom. The maximum Gasteiger partial charge on any atom is 0.251 e. The molecule has 0 aliphatic rings. The molecule has 4 heteroatoms. The van der Waals surface area contributed by atoms with Gasteiger partial charge in [0.1, 0.15) is 0 Å². The average molecular weight is 241 g/mol. The van der Waals surface area contributed by atoms with Crippen LogP contribution >= 0.6 is 0 Å². The number of rotatable bonds is 4. The molecule has 0 saturated carbocycles. The number of nitrogens with two attached hydrogens (primary N) is 1. The first-order valence-corrected chi connectivity index (χ1v) is 5.78. The average Bonchev–Trinajstić information content (AvgIpc) is 2.40. The molecular formula is C14H15N3O. The number of carbonyl (C=O) groups excluding carboxylic acids is 1. The lowest BCUT2D eigenvalue weighted by molar-refractivity contribution is 0.0954. The number of carbonyl (C=O) groups is 1. The van der Waals surface area contributed by atoms with Gasteiger partial charge in [-0.15, -0.1) is 0 Å². The number of amides is 1. The summed E-state index contributed by atoms with van der Waals surface area (Å²) < 4.78 is 0. The molecule has 0 fully saturated rings. The van der Waals surface area contributed by atoms with Gasteiger partial charge in [-0.3, -0.25) is 9.78 Å². The lowest BCUT2D eigenvalue weighted by Crippen LogP contribution is -2.25. The van der Waals surface area contributed by atoms with E-state index in [4.69, 9.17) is 5.73 Å². The van der Waals surface area contributed by atoms with Crippen molar-refractivity contribution in [1.29, 1.82) is 0 Å². The summed E-state index contributed by atoms with van der Waals surface area (Å²) >= 11 is 0. The van der Waals surface area contributed by atoms with E-state index in [1.54, 1.807) is 36.7 Å². The van der Waals surface area contributed by atoms with Gasteiger partial charge < -0.3 is 11.1 Å². The highest BCUT2D eigenvalue weighted by Gasteiger charge is 2.03. The summed E-state index contributed by atoms with van der Waals surface area (Å²) in [6.45, 7) is 0.604. The quantitative estimate of drug-likeness (QED) is 0.799. The molecule has 0 bridgehead atoms. The summed E-state index contributed by atoms with van der Waals surface area (Å²) in [6, 6.07) is 10.8. The number of benzene rings is 1. The Morgan fingerprint density at radius 1 is 1.11 bits per heavy atom. The predicted molar refractivity (Wildman–Crippen MR) is 71.1 cm³/mol. The minimum Gasteiger partial charge on any atom is -0.399 e. The largest absolute Gasteiger partial charge is 0.399 e. The molecule has 18 heavy (non-hydrogen) atoms. The lowest BCUT2D eigenvalue weighted by Gasteiger charge is -2.05. The summed E-state index contributed by atoms with van der Waals surface area (Å²) in [7, 11) is 0. The van der Waals surface area contributed by atoms with Crippen molar-refractivity contribution in [2.75, 3.05) is 12.3 Å². The molecule has 92 valence electrons. The Balaban J connectivity index is 1.84. The zero-order chi connectivity index (χ0) is 12.8. The van der Waals surface area contributed by atoms with Crippen LogP contribution in [0.2, 0.25) is 0 Å². The van der Waals surface area contributed by atoms with Gasteiger partial charge >= 0.3 is 0 Å². The molecule has 3 N–H and O–H groups in total. The van der Waals surface area contributed by atoms with E-state index in [1.807, 2.05) is 12.1 Å². The molecule has 0 aliphatic carbocycles. The van der Waals surface area contributed by atoms with Gasteiger partial charge in [0, 0.05) is 30.2 Å². The van der Waals surface area contributed by atoms with Gasteiger partial charge in [-0.1, -0.05) is 0 Å². The van der Waals surface area contributed by atoms with Crippen molar-refractivity contribution >= 4 is 11.6 Å². The molecule has 0 unspecified atom stereocenters. The van der Waals surface area contributed by atoms with Crippen LogP contribution < -0.4 is 11.1 Å². The highest BCUT2D eigenvalue weighted by molar-refractivity contribution is 5.94. The van der Waals surface area contributed by atoms with Gasteiger partial charge in [-0.25, -0.2) is 0 Å². The van der Waals surface area contributed by atoms with E-state index >= 15 is 0 Å². The number of nitrogen functional groups attached to an aromatic ring is 1. The maximum absolute atomic E-state index is 11.8. The Hall–Kier alpha value is -2.36. The summed E-state index contributed by atoms with van der Waals surface area (Å²) in [5.74, 6) is -0.0796. The molecule has 1 aromatic heterocycles.